The van der Waals surface area contributed by atoms with Gasteiger partial charge in [0.25, 0.3) is 5.91 Å². The van der Waals surface area contributed by atoms with Crippen molar-refractivity contribution in [3.8, 4) is 0 Å². The van der Waals surface area contributed by atoms with E-state index >= 15 is 0 Å². The van der Waals surface area contributed by atoms with Crippen LogP contribution in [0.4, 0.5) is 4.39 Å². The molecule has 0 heterocycles. The van der Waals surface area contributed by atoms with Gasteiger partial charge in [-0.2, -0.15) is 0 Å². The van der Waals surface area contributed by atoms with E-state index in [9.17, 15) is 9.18 Å². The largest absolute Gasteiger partial charge is 0.335 e. The van der Waals surface area contributed by atoms with E-state index in [2.05, 4.69) is 15.9 Å². The van der Waals surface area contributed by atoms with Gasteiger partial charge in [-0.15, -0.1) is 0 Å². The van der Waals surface area contributed by atoms with Crippen LogP contribution in [0, 0.1) is 5.82 Å². The van der Waals surface area contributed by atoms with E-state index in [1.54, 1.807) is 42.3 Å². The number of carbonyl (C=O) groups is 1. The number of amides is 1. The number of carbonyl (C=O) groups excluding carboxylic acids is 1. The third-order valence-electron chi connectivity index (χ3n) is 3.41. The van der Waals surface area contributed by atoms with Crippen molar-refractivity contribution >= 4 is 33.4 Å². The predicted octanol–water partition coefficient (Wildman–Crippen LogP) is 5.07. The lowest BCUT2D eigenvalue weighted by molar-refractivity contribution is 0.0742. The molecule has 0 aliphatic heterocycles. The molecule has 2 nitrogen and oxygen atoms in total. The number of nitrogens with zero attached hydrogens (tertiary/aromatic N) is 1. The zero-order valence-electron chi connectivity index (χ0n) is 11.6. The third-order valence-corrected chi connectivity index (χ3v) is 4.24. The monoisotopic (exact) mass is 369 g/mol. The minimum Gasteiger partial charge on any atom is -0.335 e. The lowest BCUT2D eigenvalue weighted by atomic mass is 10.1. The maximum absolute atomic E-state index is 13.0. The first-order valence-corrected chi connectivity index (χ1v) is 7.55. The molecule has 2 rings (SSSR count). The SMILES string of the molecule is CC(c1ccc(F)cc1)N(C)C(=O)c1cc(Br)ccc1Cl. The van der Waals surface area contributed by atoms with Crippen LogP contribution in [0.25, 0.3) is 0 Å². The molecule has 0 saturated heterocycles. The molecule has 0 spiro atoms. The minimum absolute atomic E-state index is 0.182. The second-order valence-electron chi connectivity index (χ2n) is 4.77. The summed E-state index contributed by atoms with van der Waals surface area (Å²) >= 11 is 9.42. The average Bonchev–Trinajstić information content (AvgIpc) is 2.48. The molecule has 21 heavy (non-hydrogen) atoms. The molecule has 110 valence electrons. The van der Waals surface area contributed by atoms with Crippen LogP contribution in [0.2, 0.25) is 5.02 Å². The minimum atomic E-state index is -0.296. The molecule has 5 heteroatoms. The number of halogens is 3. The van der Waals surface area contributed by atoms with E-state index in [0.717, 1.165) is 10.0 Å². The van der Waals surface area contributed by atoms with Crippen molar-refractivity contribution < 1.29 is 9.18 Å². The van der Waals surface area contributed by atoms with Crippen LogP contribution in [0.3, 0.4) is 0 Å². The molecule has 2 aromatic rings. The Labute approximate surface area is 136 Å². The van der Waals surface area contributed by atoms with Crippen molar-refractivity contribution in [1.29, 1.82) is 0 Å². The van der Waals surface area contributed by atoms with Gasteiger partial charge in [0.2, 0.25) is 0 Å². The molecule has 0 radical (unpaired) electrons. The summed E-state index contributed by atoms with van der Waals surface area (Å²) in [6.45, 7) is 1.89. The van der Waals surface area contributed by atoms with Crippen molar-refractivity contribution in [2.24, 2.45) is 0 Å². The van der Waals surface area contributed by atoms with Crippen molar-refractivity contribution in [3.05, 3.63) is 68.9 Å². The van der Waals surface area contributed by atoms with Crippen molar-refractivity contribution in [2.45, 2.75) is 13.0 Å². The second-order valence-corrected chi connectivity index (χ2v) is 6.09. The maximum Gasteiger partial charge on any atom is 0.255 e. The lowest BCUT2D eigenvalue weighted by Gasteiger charge is -2.26. The van der Waals surface area contributed by atoms with Gasteiger partial charge in [-0.05, 0) is 42.8 Å². The smallest absolute Gasteiger partial charge is 0.255 e. The Morgan fingerprint density at radius 3 is 2.48 bits per heavy atom. The number of hydrogen-bond donors (Lipinski definition) is 0. The van der Waals surface area contributed by atoms with E-state index in [4.69, 9.17) is 11.6 Å². The van der Waals surface area contributed by atoms with Gasteiger partial charge >= 0.3 is 0 Å². The highest BCUT2D eigenvalue weighted by Gasteiger charge is 2.21. The summed E-state index contributed by atoms with van der Waals surface area (Å²) in [5.74, 6) is -0.479. The maximum atomic E-state index is 13.0. The van der Waals surface area contributed by atoms with Crippen LogP contribution in [-0.4, -0.2) is 17.9 Å². The van der Waals surface area contributed by atoms with Crippen LogP contribution in [-0.2, 0) is 0 Å². The molecular formula is C16H14BrClFNO. The first-order valence-electron chi connectivity index (χ1n) is 6.38. The Balaban J connectivity index is 2.26. The zero-order valence-corrected chi connectivity index (χ0v) is 14.0. The Bertz CT molecular complexity index is 660. The molecule has 1 amide bonds. The zero-order chi connectivity index (χ0) is 15.6. The standard InChI is InChI=1S/C16H14BrClFNO/c1-10(11-3-6-13(19)7-4-11)20(2)16(21)14-9-12(17)5-8-15(14)18/h3-10H,1-2H3. The van der Waals surface area contributed by atoms with Crippen molar-refractivity contribution in [2.75, 3.05) is 7.05 Å². The molecule has 0 N–H and O–H groups in total. The van der Waals surface area contributed by atoms with Gasteiger partial charge in [0, 0.05) is 11.5 Å². The van der Waals surface area contributed by atoms with E-state index in [0.29, 0.717) is 10.6 Å². The highest BCUT2D eigenvalue weighted by Crippen LogP contribution is 2.26. The third kappa shape index (κ3) is 3.63. The summed E-state index contributed by atoms with van der Waals surface area (Å²) in [6, 6.07) is 11.1. The van der Waals surface area contributed by atoms with Gasteiger partial charge in [-0.3, -0.25) is 4.79 Å². The fourth-order valence-corrected chi connectivity index (χ4v) is 2.55. The van der Waals surface area contributed by atoms with Gasteiger partial charge in [0.05, 0.1) is 16.6 Å². The summed E-state index contributed by atoms with van der Waals surface area (Å²) in [5.41, 5.74) is 1.29. The fraction of sp³-hybridized carbons (Fsp3) is 0.188. The van der Waals surface area contributed by atoms with E-state index in [1.807, 2.05) is 6.92 Å². The van der Waals surface area contributed by atoms with Gasteiger partial charge in [0.15, 0.2) is 0 Å². The summed E-state index contributed by atoms with van der Waals surface area (Å²) in [7, 11) is 1.70. The molecular weight excluding hydrogens is 357 g/mol. The van der Waals surface area contributed by atoms with Gasteiger partial charge in [-0.25, -0.2) is 4.39 Å². The molecule has 0 aliphatic rings. The van der Waals surface area contributed by atoms with Gasteiger partial charge in [-0.1, -0.05) is 39.7 Å². The molecule has 0 aliphatic carbocycles. The van der Waals surface area contributed by atoms with Crippen molar-refractivity contribution in [1.82, 2.24) is 4.90 Å². The first kappa shape index (κ1) is 16.0. The van der Waals surface area contributed by atoms with Crippen molar-refractivity contribution in [3.63, 3.8) is 0 Å². The molecule has 0 fully saturated rings. The summed E-state index contributed by atoms with van der Waals surface area (Å²) in [5, 5.41) is 0.404. The molecule has 0 bridgehead atoms. The van der Waals surface area contributed by atoms with E-state index in [1.165, 1.54) is 12.1 Å². The number of benzene rings is 2. The van der Waals surface area contributed by atoms with Crippen LogP contribution in [0.15, 0.2) is 46.9 Å². The Kier molecular flexibility index (Phi) is 5.01. The van der Waals surface area contributed by atoms with Gasteiger partial charge in [0.1, 0.15) is 5.82 Å². The first-order chi connectivity index (χ1) is 9.90. The van der Waals surface area contributed by atoms with Crippen LogP contribution in [0.5, 0.6) is 0 Å². The average molecular weight is 371 g/mol. The normalized spacial score (nSPS) is 12.0. The summed E-state index contributed by atoms with van der Waals surface area (Å²) < 4.78 is 13.8. The summed E-state index contributed by atoms with van der Waals surface area (Å²) in [4.78, 5) is 14.1. The highest BCUT2D eigenvalue weighted by atomic mass is 79.9. The van der Waals surface area contributed by atoms with E-state index in [-0.39, 0.29) is 17.8 Å². The quantitative estimate of drug-likeness (QED) is 0.738. The second kappa shape index (κ2) is 6.58. The lowest BCUT2D eigenvalue weighted by Crippen LogP contribution is -2.29. The Morgan fingerprint density at radius 2 is 1.86 bits per heavy atom. The highest BCUT2D eigenvalue weighted by molar-refractivity contribution is 9.10. The van der Waals surface area contributed by atoms with Gasteiger partial charge < -0.3 is 4.90 Å². The molecule has 0 aromatic heterocycles. The fourth-order valence-electron chi connectivity index (χ4n) is 1.99. The topological polar surface area (TPSA) is 20.3 Å². The Morgan fingerprint density at radius 1 is 1.24 bits per heavy atom. The molecule has 0 saturated carbocycles. The predicted molar refractivity (Wildman–Crippen MR) is 86.1 cm³/mol. The number of hydrogen-bond acceptors (Lipinski definition) is 1. The Hall–Kier alpha value is -1.39. The van der Waals surface area contributed by atoms with Crippen LogP contribution < -0.4 is 0 Å². The van der Waals surface area contributed by atoms with Crippen LogP contribution >= 0.6 is 27.5 Å². The molecule has 2 aromatic carbocycles. The number of rotatable bonds is 3. The molecule has 1 atom stereocenters. The van der Waals surface area contributed by atoms with Crippen LogP contribution in [0.1, 0.15) is 28.9 Å². The van der Waals surface area contributed by atoms with E-state index < -0.39 is 0 Å². The molecule has 1 unspecified atom stereocenters. The summed E-state index contributed by atoms with van der Waals surface area (Å²) in [6.07, 6.45) is 0.